The summed E-state index contributed by atoms with van der Waals surface area (Å²) in [7, 11) is 0. The first-order valence-electron chi connectivity index (χ1n) is 8.46. The molecule has 0 saturated heterocycles. The third kappa shape index (κ3) is 3.55. The van der Waals surface area contributed by atoms with Gasteiger partial charge in [-0.1, -0.05) is 26.0 Å². The molecule has 6 nitrogen and oxygen atoms in total. The molecule has 2 amide bonds. The van der Waals surface area contributed by atoms with Gasteiger partial charge >= 0.3 is 0 Å². The van der Waals surface area contributed by atoms with Gasteiger partial charge in [0.1, 0.15) is 11.5 Å². The summed E-state index contributed by atoms with van der Waals surface area (Å²) in [5.41, 5.74) is 1.04. The molecule has 1 aliphatic rings. The van der Waals surface area contributed by atoms with Crippen LogP contribution in [0.25, 0.3) is 0 Å². The molecular weight excluding hydrogens is 323 g/mol. The summed E-state index contributed by atoms with van der Waals surface area (Å²) in [6, 6.07) is 5.81. The highest BCUT2D eigenvalue weighted by Crippen LogP contribution is 2.22. The van der Waals surface area contributed by atoms with E-state index in [0.717, 1.165) is 18.4 Å². The molecule has 0 bridgehead atoms. The topological polar surface area (TPSA) is 76.0 Å². The van der Waals surface area contributed by atoms with E-state index in [9.17, 15) is 14.0 Å². The predicted molar refractivity (Wildman–Crippen MR) is 90.7 cm³/mol. The van der Waals surface area contributed by atoms with Crippen LogP contribution in [0.15, 0.2) is 30.5 Å². The number of fused-ring (bicyclic) bond motifs is 1. The van der Waals surface area contributed by atoms with Crippen LogP contribution in [0, 0.1) is 5.82 Å². The Morgan fingerprint density at radius 2 is 2.04 bits per heavy atom. The minimum Gasteiger partial charge on any atom is -0.348 e. The van der Waals surface area contributed by atoms with Crippen LogP contribution in [0.4, 0.5) is 4.39 Å². The molecule has 1 aromatic carbocycles. The molecule has 2 heterocycles. The van der Waals surface area contributed by atoms with Gasteiger partial charge in [-0.3, -0.25) is 9.59 Å². The monoisotopic (exact) mass is 344 g/mol. The van der Waals surface area contributed by atoms with Gasteiger partial charge in [-0.05, 0) is 30.5 Å². The zero-order valence-electron chi connectivity index (χ0n) is 14.3. The number of nitrogens with one attached hydrogen (secondary N) is 2. The maximum Gasteiger partial charge on any atom is 0.287 e. The van der Waals surface area contributed by atoms with Gasteiger partial charge in [0.05, 0.1) is 6.04 Å². The molecule has 2 aromatic rings. The van der Waals surface area contributed by atoms with E-state index in [2.05, 4.69) is 15.6 Å². The second-order valence-corrected chi connectivity index (χ2v) is 6.17. The van der Waals surface area contributed by atoms with Crippen LogP contribution in [0.1, 0.15) is 59.4 Å². The van der Waals surface area contributed by atoms with Crippen LogP contribution in [0.3, 0.4) is 0 Å². The molecule has 132 valence electrons. The number of carbonyl (C=O) groups is 2. The van der Waals surface area contributed by atoms with Crippen molar-refractivity contribution in [3.8, 4) is 0 Å². The van der Waals surface area contributed by atoms with Crippen molar-refractivity contribution in [1.29, 1.82) is 0 Å². The Morgan fingerprint density at radius 3 is 2.68 bits per heavy atom. The molecule has 0 aliphatic carbocycles. The minimum absolute atomic E-state index is 0.0898. The molecule has 7 heteroatoms. The average molecular weight is 344 g/mol. The van der Waals surface area contributed by atoms with Crippen molar-refractivity contribution < 1.29 is 14.0 Å². The summed E-state index contributed by atoms with van der Waals surface area (Å²) in [6.07, 6.45) is 3.27. The van der Waals surface area contributed by atoms with E-state index in [4.69, 9.17) is 0 Å². The van der Waals surface area contributed by atoms with Gasteiger partial charge in [-0.25, -0.2) is 9.37 Å². The molecule has 1 aromatic heterocycles. The Morgan fingerprint density at radius 1 is 1.36 bits per heavy atom. The molecule has 0 spiro atoms. The number of aromatic nitrogens is 2. The summed E-state index contributed by atoms with van der Waals surface area (Å²) < 4.78 is 14.8. The van der Waals surface area contributed by atoms with Crippen LogP contribution in [-0.4, -0.2) is 27.4 Å². The van der Waals surface area contributed by atoms with Crippen molar-refractivity contribution in [2.75, 3.05) is 0 Å². The van der Waals surface area contributed by atoms with Crippen molar-refractivity contribution in [3.63, 3.8) is 0 Å². The number of benzene rings is 1. The molecule has 1 aliphatic heterocycles. The first-order valence-corrected chi connectivity index (χ1v) is 8.46. The van der Waals surface area contributed by atoms with Crippen molar-refractivity contribution in [2.45, 2.75) is 45.3 Å². The molecular formula is C18H21FN4O2. The summed E-state index contributed by atoms with van der Waals surface area (Å²) in [5, 5.41) is 5.76. The number of hydrogen-bond donors (Lipinski definition) is 2. The lowest BCUT2D eigenvalue weighted by atomic mass is 10.1. The van der Waals surface area contributed by atoms with E-state index in [1.54, 1.807) is 22.9 Å². The van der Waals surface area contributed by atoms with Crippen LogP contribution in [-0.2, 0) is 6.54 Å². The second kappa shape index (κ2) is 7.04. The van der Waals surface area contributed by atoms with E-state index in [-0.39, 0.29) is 41.2 Å². The number of nitrogens with zero attached hydrogens (tertiary/aromatic N) is 2. The zero-order valence-corrected chi connectivity index (χ0v) is 14.3. The SMILES string of the molecule is CCC(CC)NC(=O)c1cn2c(n1)C(=O)NC(c1ccc(F)cc1)C2. The average Bonchev–Trinajstić information content (AvgIpc) is 3.05. The van der Waals surface area contributed by atoms with E-state index >= 15 is 0 Å². The maximum absolute atomic E-state index is 13.1. The van der Waals surface area contributed by atoms with Crippen LogP contribution in [0.2, 0.25) is 0 Å². The van der Waals surface area contributed by atoms with Gasteiger partial charge in [-0.2, -0.15) is 0 Å². The van der Waals surface area contributed by atoms with E-state index in [1.165, 1.54) is 12.1 Å². The smallest absolute Gasteiger partial charge is 0.287 e. The van der Waals surface area contributed by atoms with E-state index < -0.39 is 0 Å². The van der Waals surface area contributed by atoms with Crippen LogP contribution in [0.5, 0.6) is 0 Å². The van der Waals surface area contributed by atoms with E-state index in [0.29, 0.717) is 6.54 Å². The van der Waals surface area contributed by atoms with Crippen molar-refractivity contribution in [2.24, 2.45) is 0 Å². The van der Waals surface area contributed by atoms with E-state index in [1.807, 2.05) is 13.8 Å². The lowest BCUT2D eigenvalue weighted by molar-refractivity contribution is 0.0894. The number of rotatable bonds is 5. The summed E-state index contributed by atoms with van der Waals surface area (Å²) in [6.45, 7) is 4.46. The normalized spacial score (nSPS) is 16.5. The summed E-state index contributed by atoms with van der Waals surface area (Å²) in [5.74, 6) is -0.730. The number of halogens is 1. The largest absolute Gasteiger partial charge is 0.348 e. The molecule has 25 heavy (non-hydrogen) atoms. The van der Waals surface area contributed by atoms with Crippen LogP contribution >= 0.6 is 0 Å². The molecule has 3 rings (SSSR count). The standard InChI is InChI=1S/C18H21FN4O2/c1-3-13(4-2)20-17(24)15-10-23-9-14(22-18(25)16(23)21-15)11-5-7-12(19)8-6-11/h5-8,10,13-14H,3-4,9H2,1-2H3,(H,20,24)(H,22,25). The van der Waals surface area contributed by atoms with Gasteiger partial charge in [0, 0.05) is 18.8 Å². The fraction of sp³-hybridized carbons (Fsp3) is 0.389. The first kappa shape index (κ1) is 17.1. The number of hydrogen-bond acceptors (Lipinski definition) is 3. The summed E-state index contributed by atoms with van der Waals surface area (Å²) in [4.78, 5) is 28.8. The molecule has 1 unspecified atom stereocenters. The number of carbonyl (C=O) groups excluding carboxylic acids is 2. The Balaban J connectivity index is 1.80. The Bertz CT molecular complexity index is 781. The Labute approximate surface area is 145 Å². The third-order valence-electron chi connectivity index (χ3n) is 4.49. The van der Waals surface area contributed by atoms with Gasteiger partial charge in [0.15, 0.2) is 5.82 Å². The predicted octanol–water partition coefficient (Wildman–Crippen LogP) is 2.43. The molecule has 2 N–H and O–H groups in total. The lowest BCUT2D eigenvalue weighted by Crippen LogP contribution is -2.38. The van der Waals surface area contributed by atoms with Gasteiger partial charge < -0.3 is 15.2 Å². The highest BCUT2D eigenvalue weighted by atomic mass is 19.1. The van der Waals surface area contributed by atoms with Crippen LogP contribution < -0.4 is 10.6 Å². The zero-order chi connectivity index (χ0) is 18.0. The second-order valence-electron chi connectivity index (χ2n) is 6.17. The van der Waals surface area contributed by atoms with Crippen molar-refractivity contribution in [3.05, 3.63) is 53.4 Å². The lowest BCUT2D eigenvalue weighted by Gasteiger charge is -2.25. The van der Waals surface area contributed by atoms with Crippen molar-refractivity contribution in [1.82, 2.24) is 20.2 Å². The Kier molecular flexibility index (Phi) is 4.83. The summed E-state index contributed by atoms with van der Waals surface area (Å²) >= 11 is 0. The maximum atomic E-state index is 13.1. The fourth-order valence-electron chi connectivity index (χ4n) is 2.95. The number of amides is 2. The molecule has 0 radical (unpaired) electrons. The minimum atomic E-state index is -0.345. The number of imidazole rings is 1. The highest BCUT2D eigenvalue weighted by molar-refractivity contribution is 5.96. The Hall–Kier alpha value is -2.70. The van der Waals surface area contributed by atoms with Gasteiger partial charge in [0.25, 0.3) is 11.8 Å². The van der Waals surface area contributed by atoms with Gasteiger partial charge in [-0.15, -0.1) is 0 Å². The highest BCUT2D eigenvalue weighted by Gasteiger charge is 2.29. The molecule has 1 atom stereocenters. The molecule has 0 fully saturated rings. The third-order valence-corrected chi connectivity index (χ3v) is 4.49. The molecule has 0 saturated carbocycles. The quantitative estimate of drug-likeness (QED) is 0.875. The van der Waals surface area contributed by atoms with Crippen molar-refractivity contribution >= 4 is 11.8 Å². The van der Waals surface area contributed by atoms with Gasteiger partial charge in [0.2, 0.25) is 0 Å². The fourth-order valence-corrected chi connectivity index (χ4v) is 2.95. The first-order chi connectivity index (χ1) is 12.0.